The summed E-state index contributed by atoms with van der Waals surface area (Å²) >= 11 is 0. The van der Waals surface area contributed by atoms with E-state index in [2.05, 4.69) is 15.3 Å². The maximum atomic E-state index is 12.8. The number of amides is 1. The second-order valence-corrected chi connectivity index (χ2v) is 6.15. The lowest BCUT2D eigenvalue weighted by Gasteiger charge is -2.20. The maximum absolute atomic E-state index is 12.8. The van der Waals surface area contributed by atoms with Gasteiger partial charge in [-0.2, -0.15) is 0 Å². The fourth-order valence-corrected chi connectivity index (χ4v) is 3.72. The number of nitrogens with zero attached hydrogens (tertiary/aromatic N) is 2. The molecule has 4 rings (SSSR count). The number of likely N-dealkylation sites (tertiary alicyclic amines) is 1. The molecule has 2 aromatic rings. The number of pyridine rings is 1. The van der Waals surface area contributed by atoms with Crippen LogP contribution in [0.3, 0.4) is 0 Å². The van der Waals surface area contributed by atoms with Crippen LogP contribution >= 0.6 is 24.8 Å². The van der Waals surface area contributed by atoms with Gasteiger partial charge in [0, 0.05) is 30.9 Å². The Morgan fingerprint density at radius 1 is 1.17 bits per heavy atom. The summed E-state index contributed by atoms with van der Waals surface area (Å²) < 4.78 is 0. The first-order chi connectivity index (χ1) is 10.3. The van der Waals surface area contributed by atoms with E-state index in [4.69, 9.17) is 0 Å². The van der Waals surface area contributed by atoms with Crippen molar-refractivity contribution in [3.8, 4) is 0 Å². The van der Waals surface area contributed by atoms with E-state index in [0.717, 1.165) is 67.5 Å². The van der Waals surface area contributed by atoms with Crippen LogP contribution < -0.4 is 5.32 Å². The largest absolute Gasteiger partial charge is 0.345 e. The van der Waals surface area contributed by atoms with E-state index in [1.165, 1.54) is 0 Å². The number of fused-ring (bicyclic) bond motifs is 2. The van der Waals surface area contributed by atoms with Crippen molar-refractivity contribution in [3.63, 3.8) is 0 Å². The van der Waals surface area contributed by atoms with Crippen molar-refractivity contribution in [1.82, 2.24) is 20.2 Å². The highest BCUT2D eigenvalue weighted by molar-refractivity contribution is 6.05. The van der Waals surface area contributed by atoms with Gasteiger partial charge in [0.1, 0.15) is 5.65 Å². The number of rotatable bonds is 1. The number of nitrogens with one attached hydrogen (secondary N) is 2. The minimum atomic E-state index is 0. The third kappa shape index (κ3) is 3.32. The van der Waals surface area contributed by atoms with Gasteiger partial charge in [-0.3, -0.25) is 4.79 Å². The van der Waals surface area contributed by atoms with Crippen molar-refractivity contribution in [3.05, 3.63) is 30.1 Å². The molecule has 0 aromatic carbocycles. The van der Waals surface area contributed by atoms with Crippen molar-refractivity contribution in [2.75, 3.05) is 26.2 Å². The molecular weight excluding hydrogens is 335 g/mol. The molecule has 0 unspecified atom stereocenters. The summed E-state index contributed by atoms with van der Waals surface area (Å²) in [4.78, 5) is 22.2. The summed E-state index contributed by atoms with van der Waals surface area (Å²) in [5.74, 6) is 1.63. The number of aromatic nitrogens is 2. The van der Waals surface area contributed by atoms with E-state index in [1.807, 2.05) is 17.0 Å². The predicted octanol–water partition coefficient (Wildman–Crippen LogP) is 2.48. The molecule has 2 aromatic heterocycles. The number of carbonyl (C=O) groups is 1. The molecule has 2 aliphatic rings. The minimum absolute atomic E-state index is 0. The topological polar surface area (TPSA) is 61.0 Å². The van der Waals surface area contributed by atoms with Gasteiger partial charge in [-0.05, 0) is 49.9 Å². The van der Waals surface area contributed by atoms with Crippen molar-refractivity contribution < 1.29 is 4.79 Å². The Labute approximate surface area is 148 Å². The van der Waals surface area contributed by atoms with E-state index < -0.39 is 0 Å². The molecule has 2 atom stereocenters. The van der Waals surface area contributed by atoms with Crippen molar-refractivity contribution in [2.24, 2.45) is 11.8 Å². The van der Waals surface area contributed by atoms with Crippen LogP contribution in [0.4, 0.5) is 0 Å². The van der Waals surface area contributed by atoms with Crippen LogP contribution in [-0.2, 0) is 0 Å². The molecule has 0 radical (unpaired) electrons. The lowest BCUT2D eigenvalue weighted by Crippen LogP contribution is -2.32. The molecule has 7 heteroatoms. The van der Waals surface area contributed by atoms with E-state index >= 15 is 0 Å². The van der Waals surface area contributed by atoms with Crippen molar-refractivity contribution >= 4 is 41.8 Å². The number of halogens is 2. The summed E-state index contributed by atoms with van der Waals surface area (Å²) in [6, 6.07) is 3.84. The summed E-state index contributed by atoms with van der Waals surface area (Å²) in [6.45, 7) is 3.97. The highest BCUT2D eigenvalue weighted by Crippen LogP contribution is 2.28. The zero-order chi connectivity index (χ0) is 14.2. The summed E-state index contributed by atoms with van der Waals surface area (Å²) in [5.41, 5.74) is 1.54. The fraction of sp³-hybridized carbons (Fsp3) is 0.500. The third-order valence-electron chi connectivity index (χ3n) is 4.99. The molecule has 2 N–H and O–H groups in total. The number of hydrogen-bond acceptors (Lipinski definition) is 3. The maximum Gasteiger partial charge on any atom is 0.256 e. The second-order valence-electron chi connectivity index (χ2n) is 6.15. The predicted molar refractivity (Wildman–Crippen MR) is 95.6 cm³/mol. The SMILES string of the molecule is Cl.Cl.O=C(c1c[nH]c2ncccc12)N1CC[C@@H]2CNC[C@@H]2CC1. The van der Waals surface area contributed by atoms with Gasteiger partial charge in [-0.25, -0.2) is 4.98 Å². The Balaban J connectivity index is 0.000000960. The quantitative estimate of drug-likeness (QED) is 0.824. The molecule has 0 bridgehead atoms. The average molecular weight is 357 g/mol. The highest BCUT2D eigenvalue weighted by Gasteiger charge is 2.32. The Morgan fingerprint density at radius 3 is 2.57 bits per heavy atom. The van der Waals surface area contributed by atoms with Crippen LogP contribution in [-0.4, -0.2) is 47.0 Å². The van der Waals surface area contributed by atoms with Crippen molar-refractivity contribution in [1.29, 1.82) is 0 Å². The van der Waals surface area contributed by atoms with Gasteiger partial charge < -0.3 is 15.2 Å². The third-order valence-corrected chi connectivity index (χ3v) is 4.99. The molecular formula is C16H22Cl2N4O. The van der Waals surface area contributed by atoms with Crippen LogP contribution in [0.5, 0.6) is 0 Å². The van der Waals surface area contributed by atoms with Gasteiger partial charge in [0.15, 0.2) is 0 Å². The zero-order valence-electron chi connectivity index (χ0n) is 12.8. The Morgan fingerprint density at radius 2 is 1.87 bits per heavy atom. The molecule has 0 spiro atoms. The lowest BCUT2D eigenvalue weighted by molar-refractivity contribution is 0.0760. The molecule has 5 nitrogen and oxygen atoms in total. The van der Waals surface area contributed by atoms with Crippen LogP contribution in [0.2, 0.25) is 0 Å². The van der Waals surface area contributed by atoms with E-state index in [9.17, 15) is 4.79 Å². The molecule has 2 fully saturated rings. The van der Waals surface area contributed by atoms with Crippen molar-refractivity contribution in [2.45, 2.75) is 12.8 Å². The van der Waals surface area contributed by atoms with Crippen LogP contribution in [0.1, 0.15) is 23.2 Å². The first kappa shape index (κ1) is 18.0. The Bertz CT molecular complexity index is 661. The normalized spacial score (nSPS) is 23.6. The molecule has 126 valence electrons. The second kappa shape index (κ2) is 7.51. The highest BCUT2D eigenvalue weighted by atomic mass is 35.5. The van der Waals surface area contributed by atoms with E-state index in [-0.39, 0.29) is 30.7 Å². The number of aromatic amines is 1. The number of carbonyl (C=O) groups excluding carboxylic acids is 1. The van der Waals surface area contributed by atoms with Gasteiger partial charge in [0.05, 0.1) is 5.56 Å². The number of hydrogen-bond donors (Lipinski definition) is 2. The molecule has 2 saturated heterocycles. The minimum Gasteiger partial charge on any atom is -0.345 e. The van der Waals surface area contributed by atoms with Gasteiger partial charge in [0.25, 0.3) is 5.91 Å². The Kier molecular flexibility index (Phi) is 5.89. The van der Waals surface area contributed by atoms with Crippen LogP contribution in [0.25, 0.3) is 11.0 Å². The average Bonchev–Trinajstić information content (AvgIpc) is 3.09. The molecule has 0 aliphatic carbocycles. The van der Waals surface area contributed by atoms with Gasteiger partial charge in [0.2, 0.25) is 0 Å². The summed E-state index contributed by atoms with van der Waals surface area (Å²) in [5, 5.41) is 4.40. The van der Waals surface area contributed by atoms with Gasteiger partial charge >= 0.3 is 0 Å². The standard InChI is InChI=1S/C16H20N4O.2ClH/c21-16(14-10-19-15-13(14)2-1-5-18-15)20-6-3-11-8-17-9-12(11)4-7-20;;/h1-2,5,10-12,17H,3-4,6-9H2,(H,18,19);2*1H/t11-,12+;;. The summed E-state index contributed by atoms with van der Waals surface area (Å²) in [6.07, 6.45) is 5.77. The molecule has 4 heterocycles. The monoisotopic (exact) mass is 356 g/mol. The Hall–Kier alpha value is -1.30. The smallest absolute Gasteiger partial charge is 0.256 e. The first-order valence-electron chi connectivity index (χ1n) is 7.75. The van der Waals surface area contributed by atoms with Gasteiger partial charge in [-0.15, -0.1) is 24.8 Å². The molecule has 2 aliphatic heterocycles. The van der Waals surface area contributed by atoms with Crippen LogP contribution in [0.15, 0.2) is 24.5 Å². The van der Waals surface area contributed by atoms with Gasteiger partial charge in [-0.1, -0.05) is 0 Å². The zero-order valence-corrected chi connectivity index (χ0v) is 14.5. The first-order valence-corrected chi connectivity index (χ1v) is 7.75. The molecule has 23 heavy (non-hydrogen) atoms. The molecule has 1 amide bonds. The summed E-state index contributed by atoms with van der Waals surface area (Å²) in [7, 11) is 0. The van der Waals surface area contributed by atoms with Crippen LogP contribution in [0, 0.1) is 11.8 Å². The van der Waals surface area contributed by atoms with E-state index in [0.29, 0.717) is 0 Å². The fourth-order valence-electron chi connectivity index (χ4n) is 3.72. The molecule has 0 saturated carbocycles. The lowest BCUT2D eigenvalue weighted by atomic mass is 9.92. The number of H-pyrrole nitrogens is 1. The van der Waals surface area contributed by atoms with E-state index in [1.54, 1.807) is 12.4 Å².